The summed E-state index contributed by atoms with van der Waals surface area (Å²) in [5, 5.41) is 39.2. The zero-order valence-electron chi connectivity index (χ0n) is 16.3. The van der Waals surface area contributed by atoms with E-state index in [0.717, 1.165) is 11.1 Å². The van der Waals surface area contributed by atoms with Gasteiger partial charge in [0, 0.05) is 0 Å². The van der Waals surface area contributed by atoms with Crippen molar-refractivity contribution in [3.63, 3.8) is 0 Å². The monoisotopic (exact) mass is 370 g/mol. The number of allylic oxidation sites excluding steroid dienone is 2. The lowest BCUT2D eigenvalue weighted by molar-refractivity contribution is -0.292. The molecule has 0 saturated carbocycles. The van der Waals surface area contributed by atoms with Crippen molar-refractivity contribution in [2.75, 3.05) is 6.61 Å². The van der Waals surface area contributed by atoms with Gasteiger partial charge < -0.3 is 29.9 Å². The number of rotatable bonds is 9. The lowest BCUT2D eigenvalue weighted by Gasteiger charge is -2.39. The SMILES string of the molecule is C=C[C@](C)(CC/C=C(\C)CC(O)C=C(C)C)O[C@@H]1OC[C@@H](O)[C@H](O)[C@H]1O. The maximum absolute atomic E-state index is 10.0. The molecule has 150 valence electrons. The van der Waals surface area contributed by atoms with E-state index < -0.39 is 36.3 Å². The Morgan fingerprint density at radius 3 is 2.50 bits per heavy atom. The highest BCUT2D eigenvalue weighted by Crippen LogP contribution is 2.27. The van der Waals surface area contributed by atoms with Crippen LogP contribution in [0.4, 0.5) is 0 Å². The molecular weight excluding hydrogens is 336 g/mol. The maximum Gasteiger partial charge on any atom is 0.187 e. The van der Waals surface area contributed by atoms with E-state index in [0.29, 0.717) is 19.3 Å². The van der Waals surface area contributed by atoms with Gasteiger partial charge in [-0.1, -0.05) is 29.4 Å². The van der Waals surface area contributed by atoms with Crippen LogP contribution in [0.25, 0.3) is 0 Å². The minimum absolute atomic E-state index is 0.0998. The van der Waals surface area contributed by atoms with E-state index in [1.807, 2.05) is 39.8 Å². The van der Waals surface area contributed by atoms with Crippen LogP contribution in [0.3, 0.4) is 0 Å². The lowest BCUT2D eigenvalue weighted by atomic mass is 9.97. The fourth-order valence-corrected chi connectivity index (χ4v) is 2.82. The first-order valence-corrected chi connectivity index (χ1v) is 9.04. The Labute approximate surface area is 156 Å². The van der Waals surface area contributed by atoms with Crippen molar-refractivity contribution >= 4 is 0 Å². The van der Waals surface area contributed by atoms with Crippen LogP contribution in [-0.2, 0) is 9.47 Å². The molecule has 0 radical (unpaired) electrons. The first-order valence-electron chi connectivity index (χ1n) is 9.04. The maximum atomic E-state index is 10.0. The van der Waals surface area contributed by atoms with Crippen LogP contribution in [0.5, 0.6) is 0 Å². The highest BCUT2D eigenvalue weighted by atomic mass is 16.7. The van der Waals surface area contributed by atoms with Gasteiger partial charge >= 0.3 is 0 Å². The minimum atomic E-state index is -1.32. The molecule has 1 heterocycles. The van der Waals surface area contributed by atoms with Crippen molar-refractivity contribution in [2.24, 2.45) is 0 Å². The summed E-state index contributed by atoms with van der Waals surface area (Å²) in [6.45, 7) is 11.4. The molecule has 0 amide bonds. The van der Waals surface area contributed by atoms with Crippen LogP contribution in [0.1, 0.15) is 47.0 Å². The Morgan fingerprint density at radius 1 is 1.27 bits per heavy atom. The van der Waals surface area contributed by atoms with E-state index in [9.17, 15) is 20.4 Å². The molecule has 0 aromatic carbocycles. The normalized spacial score (nSPS) is 30.4. The quantitative estimate of drug-likeness (QED) is 0.462. The van der Waals surface area contributed by atoms with Crippen LogP contribution in [0.2, 0.25) is 0 Å². The molecule has 0 spiro atoms. The molecule has 4 N–H and O–H groups in total. The molecule has 1 fully saturated rings. The largest absolute Gasteiger partial charge is 0.389 e. The predicted octanol–water partition coefficient (Wildman–Crippen LogP) is 1.83. The summed E-state index contributed by atoms with van der Waals surface area (Å²) in [5.74, 6) is 0. The molecule has 1 aliphatic rings. The van der Waals surface area contributed by atoms with Crippen LogP contribution in [-0.4, -0.2) is 63.3 Å². The molecule has 6 atom stereocenters. The highest BCUT2D eigenvalue weighted by molar-refractivity contribution is 5.07. The van der Waals surface area contributed by atoms with Gasteiger partial charge in [0.05, 0.1) is 18.3 Å². The van der Waals surface area contributed by atoms with Gasteiger partial charge in [0.2, 0.25) is 0 Å². The third kappa shape index (κ3) is 7.31. The Bertz CT molecular complexity index is 510. The number of aliphatic hydroxyl groups excluding tert-OH is 4. The lowest BCUT2D eigenvalue weighted by Crippen LogP contribution is -2.55. The van der Waals surface area contributed by atoms with Crippen molar-refractivity contribution in [1.29, 1.82) is 0 Å². The van der Waals surface area contributed by atoms with Crippen LogP contribution >= 0.6 is 0 Å². The summed E-state index contributed by atoms with van der Waals surface area (Å²) in [6.07, 6.45) is 2.11. The van der Waals surface area contributed by atoms with Gasteiger partial charge in [0.25, 0.3) is 0 Å². The number of hydrogen-bond acceptors (Lipinski definition) is 6. The molecule has 1 rings (SSSR count). The topological polar surface area (TPSA) is 99.4 Å². The van der Waals surface area contributed by atoms with Crippen molar-refractivity contribution in [1.82, 2.24) is 0 Å². The fraction of sp³-hybridized carbons (Fsp3) is 0.700. The average molecular weight is 370 g/mol. The summed E-state index contributed by atoms with van der Waals surface area (Å²) in [4.78, 5) is 0. The fourth-order valence-electron chi connectivity index (χ4n) is 2.82. The van der Waals surface area contributed by atoms with Crippen molar-refractivity contribution in [2.45, 2.75) is 83.3 Å². The van der Waals surface area contributed by atoms with Crippen molar-refractivity contribution < 1.29 is 29.9 Å². The molecule has 6 heteroatoms. The van der Waals surface area contributed by atoms with Gasteiger partial charge in [0.15, 0.2) is 6.29 Å². The van der Waals surface area contributed by atoms with E-state index in [4.69, 9.17) is 9.47 Å². The van der Waals surface area contributed by atoms with Gasteiger partial charge in [-0.2, -0.15) is 0 Å². The van der Waals surface area contributed by atoms with Crippen molar-refractivity contribution in [3.8, 4) is 0 Å². The van der Waals surface area contributed by atoms with Crippen molar-refractivity contribution in [3.05, 3.63) is 36.0 Å². The van der Waals surface area contributed by atoms with Crippen LogP contribution < -0.4 is 0 Å². The van der Waals surface area contributed by atoms with E-state index in [1.165, 1.54) is 0 Å². The van der Waals surface area contributed by atoms with Crippen LogP contribution in [0.15, 0.2) is 36.0 Å². The smallest absolute Gasteiger partial charge is 0.187 e. The Morgan fingerprint density at radius 2 is 1.92 bits per heavy atom. The third-order valence-corrected chi connectivity index (χ3v) is 4.46. The zero-order valence-corrected chi connectivity index (χ0v) is 16.3. The number of hydrogen-bond donors (Lipinski definition) is 4. The van der Waals surface area contributed by atoms with E-state index in [-0.39, 0.29) is 6.61 Å². The van der Waals surface area contributed by atoms with E-state index >= 15 is 0 Å². The minimum Gasteiger partial charge on any atom is -0.389 e. The molecule has 1 unspecified atom stereocenters. The predicted molar refractivity (Wildman–Crippen MR) is 100 cm³/mol. The molecule has 0 aromatic rings. The van der Waals surface area contributed by atoms with Gasteiger partial charge in [0.1, 0.15) is 18.3 Å². The Kier molecular flexibility index (Phi) is 9.16. The molecule has 6 nitrogen and oxygen atoms in total. The number of aliphatic hydroxyl groups is 4. The summed E-state index contributed by atoms with van der Waals surface area (Å²) >= 11 is 0. The molecular formula is C20H34O6. The standard InChI is InChI=1S/C20H34O6/c1-6-20(5,26-19-18(24)17(23)16(22)12-25-19)9-7-8-14(4)11-15(21)10-13(2)3/h6,8,10,15-19,21-24H,1,7,9,11-12H2,2-5H3/b14-8+/t15?,16-,17+,18-,19+,20-/m1/s1. The Hall–Kier alpha value is -1.02. The first kappa shape index (κ1) is 23.0. The van der Waals surface area contributed by atoms with E-state index in [1.54, 1.807) is 6.08 Å². The van der Waals surface area contributed by atoms with E-state index in [2.05, 4.69) is 6.58 Å². The molecule has 26 heavy (non-hydrogen) atoms. The average Bonchev–Trinajstić information content (AvgIpc) is 2.54. The number of ether oxygens (including phenoxy) is 2. The van der Waals surface area contributed by atoms with Crippen LogP contribution in [0, 0.1) is 0 Å². The molecule has 0 aromatic heterocycles. The summed E-state index contributed by atoms with van der Waals surface area (Å²) in [6, 6.07) is 0. The molecule has 0 aliphatic carbocycles. The zero-order chi connectivity index (χ0) is 19.9. The summed E-state index contributed by atoms with van der Waals surface area (Å²) in [7, 11) is 0. The molecule has 0 bridgehead atoms. The first-order chi connectivity index (χ1) is 12.1. The highest BCUT2D eigenvalue weighted by Gasteiger charge is 2.41. The van der Waals surface area contributed by atoms with Gasteiger partial charge in [-0.05, 0) is 47.0 Å². The van der Waals surface area contributed by atoms with Gasteiger partial charge in [-0.25, -0.2) is 0 Å². The summed E-state index contributed by atoms with van der Waals surface area (Å²) < 4.78 is 11.1. The second-order valence-electron chi connectivity index (χ2n) is 7.49. The Balaban J connectivity index is 2.58. The molecule has 1 aliphatic heterocycles. The second-order valence-corrected chi connectivity index (χ2v) is 7.49. The molecule has 1 saturated heterocycles. The van der Waals surface area contributed by atoms with Gasteiger partial charge in [-0.15, -0.1) is 6.58 Å². The summed E-state index contributed by atoms with van der Waals surface area (Å²) in [5.41, 5.74) is 1.40. The second kappa shape index (κ2) is 10.3. The van der Waals surface area contributed by atoms with Gasteiger partial charge in [-0.3, -0.25) is 0 Å². The third-order valence-electron chi connectivity index (χ3n) is 4.46.